The average Bonchev–Trinajstić information content (AvgIpc) is 3.04. The normalized spacial score (nSPS) is 17.0. The summed E-state index contributed by atoms with van der Waals surface area (Å²) >= 11 is 0. The predicted molar refractivity (Wildman–Crippen MR) is 96.1 cm³/mol. The molecule has 1 amide bonds. The van der Waals surface area contributed by atoms with Gasteiger partial charge in [0.25, 0.3) is 0 Å². The Morgan fingerprint density at radius 1 is 1.30 bits per heavy atom. The van der Waals surface area contributed by atoms with Crippen molar-refractivity contribution in [2.45, 2.75) is 51.0 Å². The van der Waals surface area contributed by atoms with Crippen molar-refractivity contribution in [3.05, 3.63) is 29.8 Å². The molecular weight excluding hydrogens is 312 g/mol. The molecule has 1 aromatic rings. The van der Waals surface area contributed by atoms with Crippen molar-refractivity contribution in [1.82, 2.24) is 4.90 Å². The summed E-state index contributed by atoms with van der Waals surface area (Å²) < 4.78 is 5.30. The molecule has 1 atom stereocenters. The molecule has 1 aliphatic heterocycles. The summed E-state index contributed by atoms with van der Waals surface area (Å²) in [6.45, 7) is 1.63. The number of benzene rings is 1. The SMILES string of the molecule is COc1cccc(C2CCCN2C(=O)CCCCCCN)c1.Cl. The highest BCUT2D eigenvalue weighted by Gasteiger charge is 2.29. The fourth-order valence-electron chi connectivity index (χ4n) is 3.18. The lowest BCUT2D eigenvalue weighted by molar-refractivity contribution is -0.132. The number of unbranched alkanes of at least 4 members (excludes halogenated alkanes) is 3. The molecule has 130 valence electrons. The summed E-state index contributed by atoms with van der Waals surface area (Å²) in [5, 5.41) is 0. The number of likely N-dealkylation sites (tertiary alicyclic amines) is 1. The Morgan fingerprint density at radius 3 is 2.83 bits per heavy atom. The van der Waals surface area contributed by atoms with Gasteiger partial charge in [0.15, 0.2) is 0 Å². The largest absolute Gasteiger partial charge is 0.497 e. The highest BCUT2D eigenvalue weighted by molar-refractivity contribution is 5.85. The van der Waals surface area contributed by atoms with Crippen LogP contribution in [0.3, 0.4) is 0 Å². The van der Waals surface area contributed by atoms with Gasteiger partial charge in [0, 0.05) is 13.0 Å². The van der Waals surface area contributed by atoms with Crippen LogP contribution >= 0.6 is 12.4 Å². The predicted octanol–water partition coefficient (Wildman–Crippen LogP) is 3.69. The highest BCUT2D eigenvalue weighted by atomic mass is 35.5. The van der Waals surface area contributed by atoms with Crippen LogP contribution in [0.5, 0.6) is 5.75 Å². The molecule has 0 bridgehead atoms. The number of hydrogen-bond donors (Lipinski definition) is 1. The van der Waals surface area contributed by atoms with Gasteiger partial charge in [0.1, 0.15) is 5.75 Å². The maximum absolute atomic E-state index is 12.5. The van der Waals surface area contributed by atoms with E-state index in [2.05, 4.69) is 17.0 Å². The fourth-order valence-corrected chi connectivity index (χ4v) is 3.18. The van der Waals surface area contributed by atoms with Crippen LogP contribution < -0.4 is 10.5 Å². The number of methoxy groups -OCH3 is 1. The first-order valence-corrected chi connectivity index (χ1v) is 8.39. The van der Waals surface area contributed by atoms with Gasteiger partial charge >= 0.3 is 0 Å². The number of amides is 1. The summed E-state index contributed by atoms with van der Waals surface area (Å²) in [6, 6.07) is 8.31. The number of nitrogens with two attached hydrogens (primary N) is 1. The van der Waals surface area contributed by atoms with E-state index in [1.54, 1.807) is 7.11 Å². The third kappa shape index (κ3) is 5.70. The molecule has 1 aliphatic rings. The lowest BCUT2D eigenvalue weighted by Gasteiger charge is -2.25. The molecule has 1 aromatic carbocycles. The number of halogens is 1. The average molecular weight is 341 g/mol. The van der Waals surface area contributed by atoms with Crippen LogP contribution in [0.1, 0.15) is 56.6 Å². The smallest absolute Gasteiger partial charge is 0.223 e. The quantitative estimate of drug-likeness (QED) is 0.734. The first-order valence-electron chi connectivity index (χ1n) is 8.39. The van der Waals surface area contributed by atoms with E-state index in [1.165, 1.54) is 5.56 Å². The molecule has 1 heterocycles. The molecule has 0 aromatic heterocycles. The number of rotatable bonds is 8. The van der Waals surface area contributed by atoms with Crippen molar-refractivity contribution in [2.75, 3.05) is 20.2 Å². The van der Waals surface area contributed by atoms with Gasteiger partial charge in [-0.2, -0.15) is 0 Å². The highest BCUT2D eigenvalue weighted by Crippen LogP contribution is 2.34. The third-order valence-corrected chi connectivity index (χ3v) is 4.40. The van der Waals surface area contributed by atoms with Crippen molar-refractivity contribution in [3.8, 4) is 5.75 Å². The van der Waals surface area contributed by atoms with E-state index in [0.29, 0.717) is 6.42 Å². The van der Waals surface area contributed by atoms with Gasteiger partial charge in [0.2, 0.25) is 5.91 Å². The summed E-state index contributed by atoms with van der Waals surface area (Å²) in [7, 11) is 1.68. The van der Waals surface area contributed by atoms with Crippen LogP contribution in [0.15, 0.2) is 24.3 Å². The molecule has 0 radical (unpaired) electrons. The zero-order chi connectivity index (χ0) is 15.8. The van der Waals surface area contributed by atoms with Crippen LogP contribution in [0.25, 0.3) is 0 Å². The number of nitrogens with zero attached hydrogens (tertiary/aromatic N) is 1. The Kier molecular flexibility index (Phi) is 9.03. The van der Waals surface area contributed by atoms with Gasteiger partial charge in [-0.3, -0.25) is 4.79 Å². The van der Waals surface area contributed by atoms with E-state index in [1.807, 2.05) is 12.1 Å². The van der Waals surface area contributed by atoms with Gasteiger partial charge in [-0.25, -0.2) is 0 Å². The second-order valence-electron chi connectivity index (χ2n) is 5.97. The maximum atomic E-state index is 12.5. The van der Waals surface area contributed by atoms with Gasteiger partial charge in [-0.15, -0.1) is 12.4 Å². The molecule has 2 rings (SSSR count). The minimum Gasteiger partial charge on any atom is -0.497 e. The van der Waals surface area contributed by atoms with Crippen molar-refractivity contribution in [2.24, 2.45) is 5.73 Å². The van der Waals surface area contributed by atoms with E-state index >= 15 is 0 Å². The van der Waals surface area contributed by atoms with Gasteiger partial charge < -0.3 is 15.4 Å². The minimum absolute atomic E-state index is 0. The molecule has 1 unspecified atom stereocenters. The summed E-state index contributed by atoms with van der Waals surface area (Å²) in [5.74, 6) is 1.15. The molecule has 0 aliphatic carbocycles. The van der Waals surface area contributed by atoms with Crippen LogP contribution in [-0.4, -0.2) is 31.0 Å². The Balaban J connectivity index is 0.00000264. The standard InChI is InChI=1S/C18H28N2O2.ClH/c1-22-16-9-6-8-15(14-16)17-10-7-13-20(17)18(21)11-4-2-3-5-12-19;/h6,8-9,14,17H,2-5,7,10-13,19H2,1H3;1H. The molecule has 5 heteroatoms. The monoisotopic (exact) mass is 340 g/mol. The van der Waals surface area contributed by atoms with Crippen LogP contribution in [0.2, 0.25) is 0 Å². The van der Waals surface area contributed by atoms with Crippen molar-refractivity contribution in [3.63, 3.8) is 0 Å². The molecule has 4 nitrogen and oxygen atoms in total. The summed E-state index contributed by atoms with van der Waals surface area (Å²) in [6.07, 6.45) is 7.05. The number of carbonyl (C=O) groups is 1. The minimum atomic E-state index is 0. The molecular formula is C18H29ClN2O2. The van der Waals surface area contributed by atoms with Crippen LogP contribution in [0.4, 0.5) is 0 Å². The van der Waals surface area contributed by atoms with Crippen molar-refractivity contribution < 1.29 is 9.53 Å². The van der Waals surface area contributed by atoms with E-state index < -0.39 is 0 Å². The first-order chi connectivity index (χ1) is 10.8. The van der Waals surface area contributed by atoms with Crippen LogP contribution in [-0.2, 0) is 4.79 Å². The van der Waals surface area contributed by atoms with Gasteiger partial charge in [-0.1, -0.05) is 25.0 Å². The Morgan fingerprint density at radius 2 is 2.09 bits per heavy atom. The van der Waals surface area contributed by atoms with E-state index in [4.69, 9.17) is 10.5 Å². The molecule has 0 spiro atoms. The van der Waals surface area contributed by atoms with Gasteiger partial charge in [0.05, 0.1) is 13.2 Å². The number of carbonyl (C=O) groups excluding carboxylic acids is 1. The molecule has 1 saturated heterocycles. The molecule has 23 heavy (non-hydrogen) atoms. The van der Waals surface area contributed by atoms with Crippen molar-refractivity contribution >= 4 is 18.3 Å². The second-order valence-corrected chi connectivity index (χ2v) is 5.97. The Bertz CT molecular complexity index is 482. The summed E-state index contributed by atoms with van der Waals surface area (Å²) in [4.78, 5) is 14.5. The Labute approximate surface area is 145 Å². The maximum Gasteiger partial charge on any atom is 0.223 e. The molecule has 1 fully saturated rings. The van der Waals surface area contributed by atoms with E-state index in [9.17, 15) is 4.79 Å². The number of hydrogen-bond acceptors (Lipinski definition) is 3. The van der Waals surface area contributed by atoms with Crippen LogP contribution in [0, 0.1) is 0 Å². The van der Waals surface area contributed by atoms with E-state index in [0.717, 1.165) is 57.4 Å². The molecule has 2 N–H and O–H groups in total. The van der Waals surface area contributed by atoms with E-state index in [-0.39, 0.29) is 24.4 Å². The third-order valence-electron chi connectivity index (χ3n) is 4.40. The zero-order valence-corrected chi connectivity index (χ0v) is 14.8. The van der Waals surface area contributed by atoms with Gasteiger partial charge in [-0.05, 0) is 49.9 Å². The second kappa shape index (κ2) is 10.5. The Hall–Kier alpha value is -1.26. The zero-order valence-electron chi connectivity index (χ0n) is 14.0. The lowest BCUT2D eigenvalue weighted by atomic mass is 10.0. The summed E-state index contributed by atoms with van der Waals surface area (Å²) in [5.41, 5.74) is 6.68. The number of ether oxygens (including phenoxy) is 1. The topological polar surface area (TPSA) is 55.6 Å². The van der Waals surface area contributed by atoms with Crippen molar-refractivity contribution in [1.29, 1.82) is 0 Å². The first kappa shape index (κ1) is 19.8. The fraction of sp³-hybridized carbons (Fsp3) is 0.611. The lowest BCUT2D eigenvalue weighted by Crippen LogP contribution is -2.30. The molecule has 0 saturated carbocycles.